The molecule has 2 aromatic carbocycles. The fraction of sp³-hybridized carbons (Fsp3) is 0.235. The van der Waals surface area contributed by atoms with Gasteiger partial charge in [0.2, 0.25) is 5.91 Å². The third-order valence-corrected chi connectivity index (χ3v) is 4.09. The number of carbonyl (C=O) groups excluding carboxylic acids is 1. The summed E-state index contributed by atoms with van der Waals surface area (Å²) in [5.41, 5.74) is 1.55. The number of halogens is 2. The summed E-state index contributed by atoms with van der Waals surface area (Å²) in [7, 11) is 1.61. The lowest BCUT2D eigenvalue weighted by atomic mass is 10.1. The molecule has 0 aromatic heterocycles. The summed E-state index contributed by atoms with van der Waals surface area (Å²) in [6, 6.07) is 12.6. The van der Waals surface area contributed by atoms with Crippen LogP contribution in [0.3, 0.4) is 0 Å². The molecule has 2 aromatic rings. The second-order valence-corrected chi connectivity index (χ2v) is 5.72. The Morgan fingerprint density at radius 2 is 1.77 bits per heavy atom. The van der Waals surface area contributed by atoms with Crippen LogP contribution in [-0.4, -0.2) is 13.0 Å². The van der Waals surface area contributed by atoms with Crippen LogP contribution in [0.1, 0.15) is 24.1 Å². The van der Waals surface area contributed by atoms with Gasteiger partial charge < -0.3 is 10.1 Å². The maximum Gasteiger partial charge on any atom is 0.225 e. The number of para-hydroxylation sites is 1. The molecule has 0 saturated carbocycles. The summed E-state index contributed by atoms with van der Waals surface area (Å²) in [4.78, 5) is 12.2. The SMILES string of the molecule is COc1ccccc1[C@@H](C)NC(=O)Cc1c(Cl)cccc1Cl. The summed E-state index contributed by atoms with van der Waals surface area (Å²) in [5.74, 6) is 0.597. The lowest BCUT2D eigenvalue weighted by Gasteiger charge is -2.17. The highest BCUT2D eigenvalue weighted by atomic mass is 35.5. The van der Waals surface area contributed by atoms with Crippen molar-refractivity contribution >= 4 is 29.1 Å². The van der Waals surface area contributed by atoms with Gasteiger partial charge >= 0.3 is 0 Å². The molecule has 22 heavy (non-hydrogen) atoms. The van der Waals surface area contributed by atoms with Crippen molar-refractivity contribution in [1.29, 1.82) is 0 Å². The molecule has 1 atom stereocenters. The molecule has 116 valence electrons. The van der Waals surface area contributed by atoms with Crippen LogP contribution >= 0.6 is 23.2 Å². The minimum absolute atomic E-state index is 0.137. The van der Waals surface area contributed by atoms with E-state index in [1.807, 2.05) is 31.2 Å². The Hall–Kier alpha value is -1.71. The van der Waals surface area contributed by atoms with Gasteiger partial charge in [0.1, 0.15) is 5.75 Å². The maximum absolute atomic E-state index is 12.2. The highest BCUT2D eigenvalue weighted by Gasteiger charge is 2.16. The Morgan fingerprint density at radius 3 is 2.41 bits per heavy atom. The Labute approximate surface area is 140 Å². The first-order valence-electron chi connectivity index (χ1n) is 6.88. The molecule has 0 spiro atoms. The number of hydrogen-bond acceptors (Lipinski definition) is 2. The van der Waals surface area contributed by atoms with Crippen molar-refractivity contribution in [2.45, 2.75) is 19.4 Å². The van der Waals surface area contributed by atoms with E-state index in [1.165, 1.54) is 0 Å². The van der Waals surface area contributed by atoms with E-state index in [-0.39, 0.29) is 18.4 Å². The highest BCUT2D eigenvalue weighted by molar-refractivity contribution is 6.36. The van der Waals surface area contributed by atoms with E-state index < -0.39 is 0 Å². The van der Waals surface area contributed by atoms with Crippen molar-refractivity contribution < 1.29 is 9.53 Å². The van der Waals surface area contributed by atoms with E-state index in [0.717, 1.165) is 11.3 Å². The molecule has 5 heteroatoms. The van der Waals surface area contributed by atoms with E-state index in [0.29, 0.717) is 15.6 Å². The monoisotopic (exact) mass is 337 g/mol. The van der Waals surface area contributed by atoms with E-state index in [9.17, 15) is 4.79 Å². The molecule has 0 unspecified atom stereocenters. The Bertz CT molecular complexity index is 653. The Morgan fingerprint density at radius 1 is 1.14 bits per heavy atom. The topological polar surface area (TPSA) is 38.3 Å². The predicted octanol–water partition coefficient (Wildman–Crippen LogP) is 4.42. The van der Waals surface area contributed by atoms with Gasteiger partial charge in [-0.25, -0.2) is 0 Å². The number of ether oxygens (including phenoxy) is 1. The minimum Gasteiger partial charge on any atom is -0.496 e. The van der Waals surface area contributed by atoms with Crippen LogP contribution < -0.4 is 10.1 Å². The van der Waals surface area contributed by atoms with Crippen LogP contribution in [0.15, 0.2) is 42.5 Å². The quantitative estimate of drug-likeness (QED) is 0.876. The standard InChI is InChI=1S/C17H17Cl2NO2/c1-11(12-6-3-4-9-16(12)22-2)20-17(21)10-13-14(18)7-5-8-15(13)19/h3-9,11H,10H2,1-2H3,(H,20,21)/t11-/m1/s1. The normalized spacial score (nSPS) is 11.8. The van der Waals surface area contributed by atoms with Crippen molar-refractivity contribution in [1.82, 2.24) is 5.32 Å². The van der Waals surface area contributed by atoms with Crippen LogP contribution in [0.4, 0.5) is 0 Å². The zero-order valence-corrected chi connectivity index (χ0v) is 13.9. The van der Waals surface area contributed by atoms with Crippen molar-refractivity contribution in [2.75, 3.05) is 7.11 Å². The lowest BCUT2D eigenvalue weighted by Crippen LogP contribution is -2.28. The molecule has 0 saturated heterocycles. The van der Waals surface area contributed by atoms with Crippen molar-refractivity contribution in [2.24, 2.45) is 0 Å². The first kappa shape index (κ1) is 16.7. The number of benzene rings is 2. The van der Waals surface area contributed by atoms with E-state index >= 15 is 0 Å². The number of carbonyl (C=O) groups is 1. The fourth-order valence-electron chi connectivity index (χ4n) is 2.26. The van der Waals surface area contributed by atoms with Gasteiger partial charge in [-0.05, 0) is 30.7 Å². The van der Waals surface area contributed by atoms with Crippen LogP contribution in [0, 0.1) is 0 Å². The van der Waals surface area contributed by atoms with Gasteiger partial charge in [-0.3, -0.25) is 4.79 Å². The van der Waals surface area contributed by atoms with E-state index in [4.69, 9.17) is 27.9 Å². The van der Waals surface area contributed by atoms with E-state index in [1.54, 1.807) is 25.3 Å². The summed E-state index contributed by atoms with van der Waals surface area (Å²) < 4.78 is 5.31. The zero-order chi connectivity index (χ0) is 16.1. The number of methoxy groups -OCH3 is 1. The third-order valence-electron chi connectivity index (χ3n) is 3.38. The van der Waals surface area contributed by atoms with Gasteiger partial charge in [0.15, 0.2) is 0 Å². The largest absolute Gasteiger partial charge is 0.496 e. The van der Waals surface area contributed by atoms with Gasteiger partial charge in [0.25, 0.3) is 0 Å². The van der Waals surface area contributed by atoms with Gasteiger partial charge in [0.05, 0.1) is 19.6 Å². The van der Waals surface area contributed by atoms with Crippen molar-refractivity contribution in [3.63, 3.8) is 0 Å². The molecule has 0 aliphatic heterocycles. The molecule has 0 bridgehead atoms. The molecular weight excluding hydrogens is 321 g/mol. The first-order chi connectivity index (χ1) is 10.5. The zero-order valence-electron chi connectivity index (χ0n) is 12.4. The van der Waals surface area contributed by atoms with Crippen LogP contribution in [0.25, 0.3) is 0 Å². The second-order valence-electron chi connectivity index (χ2n) is 4.91. The van der Waals surface area contributed by atoms with Crippen molar-refractivity contribution in [3.05, 3.63) is 63.6 Å². The summed E-state index contributed by atoms with van der Waals surface area (Å²) in [6.45, 7) is 1.91. The van der Waals surface area contributed by atoms with E-state index in [2.05, 4.69) is 5.32 Å². The maximum atomic E-state index is 12.2. The molecule has 0 heterocycles. The minimum atomic E-state index is -0.176. The molecule has 0 aliphatic carbocycles. The van der Waals surface area contributed by atoms with Crippen LogP contribution in [0.2, 0.25) is 10.0 Å². The third kappa shape index (κ3) is 3.93. The molecular formula is C17H17Cl2NO2. The number of amides is 1. The highest BCUT2D eigenvalue weighted by Crippen LogP contribution is 2.26. The second kappa shape index (κ2) is 7.52. The average molecular weight is 338 g/mol. The summed E-state index contributed by atoms with van der Waals surface area (Å²) >= 11 is 12.2. The molecule has 3 nitrogen and oxygen atoms in total. The van der Waals surface area contributed by atoms with Crippen LogP contribution in [0.5, 0.6) is 5.75 Å². The average Bonchev–Trinajstić information content (AvgIpc) is 2.51. The summed E-state index contributed by atoms with van der Waals surface area (Å²) in [5, 5.41) is 3.92. The lowest BCUT2D eigenvalue weighted by molar-refractivity contribution is -0.121. The Balaban J connectivity index is 2.09. The number of rotatable bonds is 5. The molecule has 0 radical (unpaired) electrons. The molecule has 0 fully saturated rings. The van der Waals surface area contributed by atoms with Gasteiger partial charge in [-0.1, -0.05) is 47.5 Å². The molecule has 1 N–H and O–H groups in total. The van der Waals surface area contributed by atoms with Crippen molar-refractivity contribution in [3.8, 4) is 5.75 Å². The fourth-order valence-corrected chi connectivity index (χ4v) is 2.79. The van der Waals surface area contributed by atoms with Crippen LogP contribution in [-0.2, 0) is 11.2 Å². The predicted molar refractivity (Wildman–Crippen MR) is 89.7 cm³/mol. The van der Waals surface area contributed by atoms with Gasteiger partial charge in [-0.15, -0.1) is 0 Å². The smallest absolute Gasteiger partial charge is 0.225 e. The molecule has 2 rings (SSSR count). The first-order valence-corrected chi connectivity index (χ1v) is 7.63. The molecule has 0 aliphatic rings. The molecule has 1 amide bonds. The summed E-state index contributed by atoms with van der Waals surface area (Å²) in [6.07, 6.45) is 0.137. The number of hydrogen-bond donors (Lipinski definition) is 1. The van der Waals surface area contributed by atoms with Gasteiger partial charge in [-0.2, -0.15) is 0 Å². The van der Waals surface area contributed by atoms with Gasteiger partial charge in [0, 0.05) is 15.6 Å². The number of nitrogens with one attached hydrogen (secondary N) is 1. The Kier molecular flexibility index (Phi) is 5.69.